The Hall–Kier alpha value is -1.02. The lowest BCUT2D eigenvalue weighted by Gasteiger charge is -2.21. The third kappa shape index (κ3) is 4.69. The van der Waals surface area contributed by atoms with Crippen molar-refractivity contribution in [1.29, 1.82) is 0 Å². The molecule has 102 valence electrons. The molecule has 1 unspecified atom stereocenters. The van der Waals surface area contributed by atoms with Gasteiger partial charge in [0, 0.05) is 11.6 Å². The minimum atomic E-state index is 0.314. The molecule has 0 radical (unpaired) electrons. The van der Waals surface area contributed by atoms with Crippen LogP contribution in [0.3, 0.4) is 0 Å². The largest absolute Gasteiger partial charge is 0.493 e. The van der Waals surface area contributed by atoms with Crippen molar-refractivity contribution < 1.29 is 4.74 Å². The second-order valence-corrected chi connectivity index (χ2v) is 6.21. The summed E-state index contributed by atoms with van der Waals surface area (Å²) < 4.78 is 5.95. The third-order valence-electron chi connectivity index (χ3n) is 3.17. The molecule has 1 N–H and O–H groups in total. The Morgan fingerprint density at radius 3 is 2.50 bits per heavy atom. The third-order valence-corrected chi connectivity index (χ3v) is 3.17. The highest BCUT2D eigenvalue weighted by Gasteiger charge is 2.13. The van der Waals surface area contributed by atoms with Gasteiger partial charge in [-0.25, -0.2) is 0 Å². The van der Waals surface area contributed by atoms with E-state index in [1.54, 1.807) is 0 Å². The Morgan fingerprint density at radius 1 is 1.28 bits per heavy atom. The van der Waals surface area contributed by atoms with E-state index in [2.05, 4.69) is 58.1 Å². The normalized spacial score (nSPS) is 13.4. The van der Waals surface area contributed by atoms with Crippen LogP contribution in [0.4, 0.5) is 0 Å². The predicted octanol–water partition coefficient (Wildman–Crippen LogP) is 4.09. The van der Waals surface area contributed by atoms with Crippen molar-refractivity contribution in [3.63, 3.8) is 0 Å². The Bertz CT molecular complexity index is 379. The van der Waals surface area contributed by atoms with E-state index < -0.39 is 0 Å². The van der Waals surface area contributed by atoms with Crippen LogP contribution in [0.25, 0.3) is 0 Å². The average Bonchev–Trinajstić information content (AvgIpc) is 2.28. The second kappa shape index (κ2) is 6.24. The summed E-state index contributed by atoms with van der Waals surface area (Å²) in [5, 5.41) is 3.28. The molecule has 0 bridgehead atoms. The van der Waals surface area contributed by atoms with E-state index in [1.165, 1.54) is 11.1 Å². The zero-order valence-corrected chi connectivity index (χ0v) is 12.6. The van der Waals surface area contributed by atoms with Gasteiger partial charge in [0.1, 0.15) is 5.75 Å². The first-order chi connectivity index (χ1) is 8.33. The predicted molar refractivity (Wildman–Crippen MR) is 78.2 cm³/mol. The van der Waals surface area contributed by atoms with Crippen molar-refractivity contribution in [2.75, 3.05) is 13.7 Å². The van der Waals surface area contributed by atoms with Crippen LogP contribution < -0.4 is 10.1 Å². The van der Waals surface area contributed by atoms with E-state index in [0.29, 0.717) is 11.5 Å². The quantitative estimate of drug-likeness (QED) is 0.848. The highest BCUT2D eigenvalue weighted by atomic mass is 16.5. The number of rotatable bonds is 5. The lowest BCUT2D eigenvalue weighted by atomic mass is 9.93. The summed E-state index contributed by atoms with van der Waals surface area (Å²) in [4.78, 5) is 0. The van der Waals surface area contributed by atoms with Crippen LogP contribution in [0.2, 0.25) is 0 Å². The molecular formula is C16H27NO. The van der Waals surface area contributed by atoms with E-state index >= 15 is 0 Å². The van der Waals surface area contributed by atoms with Crippen molar-refractivity contribution in [2.24, 2.45) is 5.41 Å². The van der Waals surface area contributed by atoms with Gasteiger partial charge in [-0.15, -0.1) is 0 Å². The summed E-state index contributed by atoms with van der Waals surface area (Å²) in [6.07, 6.45) is 1.06. The van der Waals surface area contributed by atoms with Crippen LogP contribution in [0.15, 0.2) is 18.2 Å². The summed E-state index contributed by atoms with van der Waals surface area (Å²) >= 11 is 0. The number of hydrogen-bond donors (Lipinski definition) is 1. The lowest BCUT2D eigenvalue weighted by Crippen LogP contribution is -2.16. The maximum absolute atomic E-state index is 5.95. The number of hydrogen-bond acceptors (Lipinski definition) is 2. The van der Waals surface area contributed by atoms with Crippen LogP contribution in [0.1, 0.15) is 51.3 Å². The molecule has 0 saturated heterocycles. The molecule has 0 saturated carbocycles. The maximum Gasteiger partial charge on any atom is 0.124 e. The van der Waals surface area contributed by atoms with E-state index in [4.69, 9.17) is 4.74 Å². The zero-order valence-electron chi connectivity index (χ0n) is 12.6. The first-order valence-corrected chi connectivity index (χ1v) is 6.74. The van der Waals surface area contributed by atoms with Gasteiger partial charge < -0.3 is 10.1 Å². The maximum atomic E-state index is 5.95. The van der Waals surface area contributed by atoms with Crippen LogP contribution in [0, 0.1) is 12.3 Å². The van der Waals surface area contributed by atoms with Crippen molar-refractivity contribution in [3.05, 3.63) is 29.3 Å². The molecule has 0 spiro atoms. The fourth-order valence-corrected chi connectivity index (χ4v) is 1.76. The molecule has 1 aromatic rings. The Balaban J connectivity index is 2.75. The molecule has 2 heteroatoms. The molecule has 1 aromatic carbocycles. The van der Waals surface area contributed by atoms with Crippen molar-refractivity contribution in [3.8, 4) is 5.75 Å². The molecule has 18 heavy (non-hydrogen) atoms. The fourth-order valence-electron chi connectivity index (χ4n) is 1.76. The average molecular weight is 249 g/mol. The summed E-state index contributed by atoms with van der Waals surface area (Å²) in [6, 6.07) is 6.71. The zero-order chi connectivity index (χ0) is 13.8. The Kier molecular flexibility index (Phi) is 5.21. The van der Waals surface area contributed by atoms with Gasteiger partial charge in [0.25, 0.3) is 0 Å². The van der Waals surface area contributed by atoms with E-state index in [1.807, 2.05) is 7.05 Å². The Labute approximate surface area is 112 Å². The number of ether oxygens (including phenoxy) is 1. The number of nitrogens with one attached hydrogen (secondary N) is 1. The van der Waals surface area contributed by atoms with Gasteiger partial charge in [-0.05, 0) is 38.8 Å². The second-order valence-electron chi connectivity index (χ2n) is 6.21. The van der Waals surface area contributed by atoms with Crippen molar-refractivity contribution in [2.45, 2.75) is 47.1 Å². The van der Waals surface area contributed by atoms with Gasteiger partial charge in [-0.3, -0.25) is 0 Å². The summed E-state index contributed by atoms with van der Waals surface area (Å²) in [6.45, 7) is 11.8. The summed E-state index contributed by atoms with van der Waals surface area (Å²) in [5.74, 6) is 1.01. The first-order valence-electron chi connectivity index (χ1n) is 6.74. The molecule has 0 fully saturated rings. The highest BCUT2D eigenvalue weighted by molar-refractivity contribution is 5.38. The smallest absolute Gasteiger partial charge is 0.124 e. The van der Waals surface area contributed by atoms with Crippen molar-refractivity contribution in [1.82, 2.24) is 5.32 Å². The van der Waals surface area contributed by atoms with Crippen LogP contribution >= 0.6 is 0 Å². The minimum Gasteiger partial charge on any atom is -0.493 e. The van der Waals surface area contributed by atoms with Gasteiger partial charge in [-0.1, -0.05) is 38.5 Å². The molecular weight excluding hydrogens is 222 g/mol. The van der Waals surface area contributed by atoms with E-state index in [0.717, 1.165) is 18.8 Å². The monoisotopic (exact) mass is 249 g/mol. The highest BCUT2D eigenvalue weighted by Crippen LogP contribution is 2.27. The van der Waals surface area contributed by atoms with Gasteiger partial charge in [0.05, 0.1) is 6.61 Å². The first kappa shape index (κ1) is 15.0. The molecule has 0 aliphatic rings. The molecule has 0 aliphatic heterocycles. The minimum absolute atomic E-state index is 0.314. The SMILES string of the molecule is CNC(C)c1cc(C)ccc1OCCC(C)(C)C. The van der Waals surface area contributed by atoms with Gasteiger partial charge in [-0.2, -0.15) is 0 Å². The van der Waals surface area contributed by atoms with Gasteiger partial charge in [0.15, 0.2) is 0 Å². The molecule has 2 nitrogen and oxygen atoms in total. The molecule has 0 aromatic heterocycles. The standard InChI is InChI=1S/C16H27NO/c1-12-7-8-15(14(11-12)13(2)17-6)18-10-9-16(3,4)5/h7-8,11,13,17H,9-10H2,1-6H3. The van der Waals surface area contributed by atoms with Gasteiger partial charge in [0.2, 0.25) is 0 Å². The van der Waals surface area contributed by atoms with Crippen LogP contribution in [-0.4, -0.2) is 13.7 Å². The van der Waals surface area contributed by atoms with Crippen molar-refractivity contribution >= 4 is 0 Å². The number of aryl methyl sites for hydroxylation is 1. The van der Waals surface area contributed by atoms with Gasteiger partial charge >= 0.3 is 0 Å². The Morgan fingerprint density at radius 2 is 1.94 bits per heavy atom. The van der Waals surface area contributed by atoms with E-state index in [-0.39, 0.29) is 0 Å². The summed E-state index contributed by atoms with van der Waals surface area (Å²) in [5.41, 5.74) is 2.83. The molecule has 0 aliphatic carbocycles. The molecule has 1 atom stereocenters. The van der Waals surface area contributed by atoms with E-state index in [9.17, 15) is 0 Å². The topological polar surface area (TPSA) is 21.3 Å². The molecule has 0 heterocycles. The fraction of sp³-hybridized carbons (Fsp3) is 0.625. The van der Waals surface area contributed by atoms with Crippen LogP contribution in [-0.2, 0) is 0 Å². The molecule has 0 amide bonds. The van der Waals surface area contributed by atoms with Crippen LogP contribution in [0.5, 0.6) is 5.75 Å². The summed E-state index contributed by atoms with van der Waals surface area (Å²) in [7, 11) is 1.98. The molecule has 1 rings (SSSR count). The number of benzene rings is 1. The lowest BCUT2D eigenvalue weighted by molar-refractivity contribution is 0.240.